The maximum atomic E-state index is 10.6. The molecule has 2 unspecified atom stereocenters. The molecule has 0 radical (unpaired) electrons. The molecule has 0 spiro atoms. The maximum Gasteiger partial charge on any atom is 0.115 e. The van der Waals surface area contributed by atoms with Gasteiger partial charge in [0, 0.05) is 13.1 Å². The maximum absolute atomic E-state index is 10.6. The average Bonchev–Trinajstić information content (AvgIpc) is 2.70. The number of aliphatic hydroxyl groups excluding tert-OH is 2. The van der Waals surface area contributed by atoms with E-state index in [0.717, 1.165) is 35.0 Å². The third-order valence-electron chi connectivity index (χ3n) is 6.44. The Morgan fingerprint density at radius 2 is 0.943 bits per heavy atom. The Balaban J connectivity index is 4.01. The van der Waals surface area contributed by atoms with Gasteiger partial charge in [0.05, 0.1) is 42.3 Å². The lowest BCUT2D eigenvalue weighted by Crippen LogP contribution is -2.49. The van der Waals surface area contributed by atoms with Gasteiger partial charge in [-0.15, -0.1) is 0 Å². The van der Waals surface area contributed by atoms with Crippen LogP contribution in [0.1, 0.15) is 96.8 Å². The molecular formula is C30H65N3O2+2. The topological polar surface area (TPSA) is 43.7 Å². The largest absolute Gasteiger partial charge is 0.386 e. The standard InChI is InChI=1S/C30H65N3O2/c1-8-9-10-11-12-13-14-15-16-17-18-19-20-21-22-23-24-31(25-29(34)27-32(2,3)4)26-30(35)28-33(5,6)7/h15-16,29-30,34-35H,8-14,17-28H2,1-7H3/q+2/b16-15+. The van der Waals surface area contributed by atoms with Crippen molar-refractivity contribution in [2.24, 2.45) is 0 Å². The van der Waals surface area contributed by atoms with Crippen LogP contribution in [0.4, 0.5) is 0 Å². The number of unbranched alkanes of at least 4 members (excludes halogenated alkanes) is 12. The first-order chi connectivity index (χ1) is 16.4. The first-order valence-electron chi connectivity index (χ1n) is 14.8. The number of allylic oxidation sites excluding steroid dienone is 2. The van der Waals surface area contributed by atoms with Crippen LogP contribution in [0.15, 0.2) is 12.2 Å². The molecule has 0 bridgehead atoms. The van der Waals surface area contributed by atoms with Crippen molar-refractivity contribution in [2.75, 3.05) is 75.0 Å². The molecule has 0 aromatic rings. The minimum Gasteiger partial charge on any atom is -0.386 e. The number of quaternary nitrogens is 2. The smallest absolute Gasteiger partial charge is 0.115 e. The molecule has 0 aromatic heterocycles. The predicted octanol–water partition coefficient (Wildman–Crippen LogP) is 5.46. The van der Waals surface area contributed by atoms with Crippen LogP contribution in [0.25, 0.3) is 0 Å². The molecule has 5 nitrogen and oxygen atoms in total. The molecule has 0 rings (SSSR count). The van der Waals surface area contributed by atoms with Gasteiger partial charge < -0.3 is 19.2 Å². The highest BCUT2D eigenvalue weighted by atomic mass is 16.3. The first kappa shape index (κ1) is 34.5. The van der Waals surface area contributed by atoms with Crippen LogP contribution >= 0.6 is 0 Å². The van der Waals surface area contributed by atoms with Crippen molar-refractivity contribution in [1.29, 1.82) is 0 Å². The average molecular weight is 500 g/mol. The summed E-state index contributed by atoms with van der Waals surface area (Å²) in [5.41, 5.74) is 0. The van der Waals surface area contributed by atoms with Crippen molar-refractivity contribution >= 4 is 0 Å². The van der Waals surface area contributed by atoms with Crippen molar-refractivity contribution in [3.63, 3.8) is 0 Å². The third kappa shape index (κ3) is 26.4. The minimum absolute atomic E-state index is 0.361. The van der Waals surface area contributed by atoms with Crippen LogP contribution in [-0.4, -0.2) is 111 Å². The molecule has 35 heavy (non-hydrogen) atoms. The highest BCUT2D eigenvalue weighted by Crippen LogP contribution is 2.11. The van der Waals surface area contributed by atoms with Gasteiger partial charge in [0.25, 0.3) is 0 Å². The van der Waals surface area contributed by atoms with Gasteiger partial charge in [0.1, 0.15) is 25.3 Å². The van der Waals surface area contributed by atoms with Gasteiger partial charge in [0.15, 0.2) is 0 Å². The van der Waals surface area contributed by atoms with Gasteiger partial charge in [-0.3, -0.25) is 4.90 Å². The van der Waals surface area contributed by atoms with Crippen molar-refractivity contribution in [3.05, 3.63) is 12.2 Å². The zero-order chi connectivity index (χ0) is 26.6. The Hall–Kier alpha value is -0.460. The summed E-state index contributed by atoms with van der Waals surface area (Å²) in [4.78, 5) is 2.29. The van der Waals surface area contributed by atoms with Crippen LogP contribution in [0.5, 0.6) is 0 Å². The lowest BCUT2D eigenvalue weighted by Gasteiger charge is -2.33. The van der Waals surface area contributed by atoms with E-state index in [9.17, 15) is 10.2 Å². The molecule has 0 saturated carbocycles. The summed E-state index contributed by atoms with van der Waals surface area (Å²) < 4.78 is 1.51. The Kier molecular flexibility index (Phi) is 20.3. The molecule has 0 fully saturated rings. The zero-order valence-corrected chi connectivity index (χ0v) is 25.0. The van der Waals surface area contributed by atoms with E-state index in [4.69, 9.17) is 0 Å². The molecule has 0 aliphatic rings. The number of rotatable bonds is 24. The summed E-state index contributed by atoms with van der Waals surface area (Å²) in [6.07, 6.45) is 22.5. The molecule has 0 aliphatic carbocycles. The molecule has 0 heterocycles. The number of nitrogens with zero attached hydrogens (tertiary/aromatic N) is 3. The Bertz CT molecular complexity index is 473. The monoisotopic (exact) mass is 500 g/mol. The normalized spacial score (nSPS) is 14.8. The fourth-order valence-electron chi connectivity index (χ4n) is 4.82. The second-order valence-electron chi connectivity index (χ2n) is 13.0. The van der Waals surface area contributed by atoms with Crippen LogP contribution in [-0.2, 0) is 0 Å². The van der Waals surface area contributed by atoms with E-state index in [1.807, 2.05) is 0 Å². The van der Waals surface area contributed by atoms with Crippen molar-refractivity contribution in [2.45, 2.75) is 109 Å². The summed E-state index contributed by atoms with van der Waals surface area (Å²) in [6.45, 7) is 6.00. The van der Waals surface area contributed by atoms with E-state index >= 15 is 0 Å². The van der Waals surface area contributed by atoms with Gasteiger partial charge in [0.2, 0.25) is 0 Å². The number of hydrogen-bond acceptors (Lipinski definition) is 3. The van der Waals surface area contributed by atoms with E-state index in [0.29, 0.717) is 13.1 Å². The van der Waals surface area contributed by atoms with E-state index < -0.39 is 0 Å². The second-order valence-corrected chi connectivity index (χ2v) is 13.0. The molecule has 0 saturated heterocycles. The fourth-order valence-corrected chi connectivity index (χ4v) is 4.82. The lowest BCUT2D eigenvalue weighted by atomic mass is 10.1. The highest BCUT2D eigenvalue weighted by Gasteiger charge is 2.22. The predicted molar refractivity (Wildman–Crippen MR) is 154 cm³/mol. The molecule has 2 N–H and O–H groups in total. The second kappa shape index (κ2) is 20.6. The van der Waals surface area contributed by atoms with E-state index in [2.05, 4.69) is 66.3 Å². The first-order valence-corrected chi connectivity index (χ1v) is 14.8. The highest BCUT2D eigenvalue weighted by molar-refractivity contribution is 4.81. The molecule has 0 aliphatic heterocycles. The van der Waals surface area contributed by atoms with Crippen LogP contribution in [0, 0.1) is 0 Å². The zero-order valence-electron chi connectivity index (χ0n) is 25.0. The van der Waals surface area contributed by atoms with Gasteiger partial charge in [-0.25, -0.2) is 0 Å². The fraction of sp³-hybridized carbons (Fsp3) is 0.933. The van der Waals surface area contributed by atoms with Crippen molar-refractivity contribution in [1.82, 2.24) is 4.90 Å². The van der Waals surface area contributed by atoms with Gasteiger partial charge >= 0.3 is 0 Å². The number of hydrogen-bond donors (Lipinski definition) is 2. The molecular weight excluding hydrogens is 434 g/mol. The Morgan fingerprint density at radius 3 is 1.34 bits per heavy atom. The number of likely N-dealkylation sites (N-methyl/N-ethyl adjacent to an activating group) is 2. The van der Waals surface area contributed by atoms with Gasteiger partial charge in [-0.2, -0.15) is 0 Å². The molecule has 5 heteroatoms. The molecule has 2 atom stereocenters. The Morgan fingerprint density at radius 1 is 0.571 bits per heavy atom. The lowest BCUT2D eigenvalue weighted by molar-refractivity contribution is -0.873. The van der Waals surface area contributed by atoms with Gasteiger partial charge in [-0.05, 0) is 38.6 Å². The van der Waals surface area contributed by atoms with Crippen LogP contribution in [0.2, 0.25) is 0 Å². The van der Waals surface area contributed by atoms with Crippen molar-refractivity contribution in [3.8, 4) is 0 Å². The SMILES string of the molecule is CCCCCCCC/C=C/CCCCCCCCN(CC(O)C[N+](C)(C)C)CC(O)C[N+](C)(C)C. The quantitative estimate of drug-likeness (QED) is 0.105. The van der Waals surface area contributed by atoms with E-state index in [1.54, 1.807) is 0 Å². The van der Waals surface area contributed by atoms with E-state index in [1.165, 1.54) is 83.5 Å². The minimum atomic E-state index is -0.361. The van der Waals surface area contributed by atoms with Crippen LogP contribution < -0.4 is 0 Å². The molecule has 0 aromatic carbocycles. The van der Waals surface area contributed by atoms with Crippen molar-refractivity contribution < 1.29 is 19.2 Å². The summed E-state index contributed by atoms with van der Waals surface area (Å²) in [5, 5.41) is 21.2. The molecule has 0 amide bonds. The van der Waals surface area contributed by atoms with E-state index in [-0.39, 0.29) is 12.2 Å². The summed E-state index contributed by atoms with van der Waals surface area (Å²) in [7, 11) is 12.7. The van der Waals surface area contributed by atoms with Crippen LogP contribution in [0.3, 0.4) is 0 Å². The third-order valence-corrected chi connectivity index (χ3v) is 6.44. The summed E-state index contributed by atoms with van der Waals surface area (Å²) in [5.74, 6) is 0. The molecule has 210 valence electrons. The summed E-state index contributed by atoms with van der Waals surface area (Å²) >= 11 is 0. The Labute approximate surface area is 220 Å². The summed E-state index contributed by atoms with van der Waals surface area (Å²) in [6, 6.07) is 0. The number of aliphatic hydroxyl groups is 2. The van der Waals surface area contributed by atoms with Gasteiger partial charge in [-0.1, -0.05) is 76.9 Å².